The molecule has 1 N–H and O–H groups in total. The molecule has 5 nitrogen and oxygen atoms in total. The van der Waals surface area contributed by atoms with E-state index >= 15 is 0 Å². The predicted octanol–water partition coefficient (Wildman–Crippen LogP) is 2.34. The van der Waals surface area contributed by atoms with Gasteiger partial charge in [0.1, 0.15) is 17.9 Å². The Bertz CT molecular complexity index is 712. The molecule has 1 aromatic heterocycles. The van der Waals surface area contributed by atoms with Crippen LogP contribution in [0.25, 0.3) is 11.0 Å². The van der Waals surface area contributed by atoms with E-state index in [1.54, 1.807) is 6.07 Å². The second-order valence-corrected chi connectivity index (χ2v) is 5.01. The molecule has 0 radical (unpaired) electrons. The fraction of sp³-hybridized carbons (Fsp3) is 0.333. The van der Waals surface area contributed by atoms with Crippen molar-refractivity contribution in [3.63, 3.8) is 0 Å². The maximum atomic E-state index is 11.7. The number of carbonyl (C=O) groups is 1. The summed E-state index contributed by atoms with van der Waals surface area (Å²) in [6, 6.07) is 5.82. The first kappa shape index (κ1) is 12.7. The lowest BCUT2D eigenvalue weighted by atomic mass is 9.86. The molecule has 0 amide bonds. The van der Waals surface area contributed by atoms with E-state index < -0.39 is 5.63 Å². The maximum Gasteiger partial charge on any atom is 0.336 e. The molecule has 1 aromatic carbocycles. The zero-order valence-electron chi connectivity index (χ0n) is 10.8. The van der Waals surface area contributed by atoms with Gasteiger partial charge in [-0.25, -0.2) is 4.79 Å². The van der Waals surface area contributed by atoms with Crippen molar-refractivity contribution in [3.8, 4) is 5.75 Å². The van der Waals surface area contributed by atoms with E-state index in [0.717, 1.165) is 19.3 Å². The van der Waals surface area contributed by atoms with Crippen molar-refractivity contribution in [2.75, 3.05) is 0 Å². The van der Waals surface area contributed by atoms with Crippen LogP contribution < -0.4 is 5.63 Å². The summed E-state index contributed by atoms with van der Waals surface area (Å²) in [5.41, 5.74) is 0.342. The number of hydrogen-bond acceptors (Lipinski definition) is 5. The summed E-state index contributed by atoms with van der Waals surface area (Å²) in [6.45, 7) is 0.0439. The van der Waals surface area contributed by atoms with Gasteiger partial charge < -0.3 is 14.3 Å². The molecule has 1 aliphatic rings. The number of esters is 1. The minimum Gasteiger partial charge on any atom is -0.508 e. The van der Waals surface area contributed by atoms with Crippen molar-refractivity contribution in [3.05, 3.63) is 40.2 Å². The molecule has 1 fully saturated rings. The summed E-state index contributed by atoms with van der Waals surface area (Å²) in [4.78, 5) is 23.2. The van der Waals surface area contributed by atoms with Crippen molar-refractivity contribution in [1.82, 2.24) is 0 Å². The SMILES string of the molecule is O=C(OCc1cc(=O)oc2cc(O)ccc12)C1CCC1. The third-order valence-electron chi connectivity index (χ3n) is 3.62. The first-order valence-electron chi connectivity index (χ1n) is 6.56. The van der Waals surface area contributed by atoms with E-state index in [4.69, 9.17) is 9.15 Å². The molecule has 20 heavy (non-hydrogen) atoms. The Labute approximate surface area is 114 Å². The standard InChI is InChI=1S/C15H14O5/c16-11-4-5-12-10(6-14(17)20-13(12)7-11)8-19-15(18)9-2-1-3-9/h4-7,9,16H,1-3,8H2. The third kappa shape index (κ3) is 2.39. The lowest BCUT2D eigenvalue weighted by Crippen LogP contribution is -2.24. The normalized spacial score (nSPS) is 15.0. The maximum absolute atomic E-state index is 11.7. The summed E-state index contributed by atoms with van der Waals surface area (Å²) in [5, 5.41) is 10.1. The molecule has 1 aliphatic carbocycles. The Morgan fingerprint density at radius 2 is 2.15 bits per heavy atom. The summed E-state index contributed by atoms with van der Waals surface area (Å²) in [7, 11) is 0. The number of hydrogen-bond donors (Lipinski definition) is 1. The van der Waals surface area contributed by atoms with Crippen LogP contribution in [0, 0.1) is 5.92 Å². The van der Waals surface area contributed by atoms with E-state index in [-0.39, 0.29) is 29.8 Å². The zero-order chi connectivity index (χ0) is 14.1. The molecular weight excluding hydrogens is 260 g/mol. The predicted molar refractivity (Wildman–Crippen MR) is 71.3 cm³/mol. The Hall–Kier alpha value is -2.30. The van der Waals surface area contributed by atoms with Gasteiger partial charge in [-0.2, -0.15) is 0 Å². The van der Waals surface area contributed by atoms with Crippen LogP contribution in [0.1, 0.15) is 24.8 Å². The highest BCUT2D eigenvalue weighted by atomic mass is 16.5. The largest absolute Gasteiger partial charge is 0.508 e. The molecule has 2 aromatic rings. The van der Waals surface area contributed by atoms with Crippen molar-refractivity contribution in [2.45, 2.75) is 25.9 Å². The van der Waals surface area contributed by atoms with Gasteiger partial charge in [-0.1, -0.05) is 6.42 Å². The Morgan fingerprint density at radius 1 is 1.35 bits per heavy atom. The van der Waals surface area contributed by atoms with Gasteiger partial charge in [0.15, 0.2) is 0 Å². The number of benzene rings is 1. The smallest absolute Gasteiger partial charge is 0.336 e. The Kier molecular flexibility index (Phi) is 3.18. The van der Waals surface area contributed by atoms with E-state index in [1.807, 2.05) is 0 Å². The van der Waals surface area contributed by atoms with Crippen LogP contribution in [0.4, 0.5) is 0 Å². The lowest BCUT2D eigenvalue weighted by molar-refractivity contribution is -0.152. The van der Waals surface area contributed by atoms with Gasteiger partial charge >= 0.3 is 11.6 Å². The molecule has 3 rings (SSSR count). The van der Waals surface area contributed by atoms with Crippen LogP contribution >= 0.6 is 0 Å². The number of phenolic OH excluding ortho intramolecular Hbond substituents is 1. The van der Waals surface area contributed by atoms with Gasteiger partial charge in [0, 0.05) is 23.1 Å². The van der Waals surface area contributed by atoms with Crippen molar-refractivity contribution < 1.29 is 19.1 Å². The number of fused-ring (bicyclic) bond motifs is 1. The van der Waals surface area contributed by atoms with Gasteiger partial charge in [-0.15, -0.1) is 0 Å². The third-order valence-corrected chi connectivity index (χ3v) is 3.62. The quantitative estimate of drug-likeness (QED) is 0.686. The minimum absolute atomic E-state index is 0.00503. The van der Waals surface area contributed by atoms with Crippen LogP contribution in [0.15, 0.2) is 33.5 Å². The molecule has 5 heteroatoms. The fourth-order valence-corrected chi connectivity index (χ4v) is 2.25. The van der Waals surface area contributed by atoms with Crippen LogP contribution in [0.3, 0.4) is 0 Å². The van der Waals surface area contributed by atoms with Crippen molar-refractivity contribution in [1.29, 1.82) is 0 Å². The van der Waals surface area contributed by atoms with E-state index in [9.17, 15) is 14.7 Å². The number of carbonyl (C=O) groups excluding carboxylic acids is 1. The number of aromatic hydroxyl groups is 1. The number of ether oxygens (including phenoxy) is 1. The van der Waals surface area contributed by atoms with Gasteiger partial charge in [-0.05, 0) is 25.0 Å². The molecule has 0 aliphatic heterocycles. The van der Waals surface area contributed by atoms with Crippen LogP contribution in [0.2, 0.25) is 0 Å². The van der Waals surface area contributed by atoms with E-state index in [2.05, 4.69) is 0 Å². The summed E-state index contributed by atoms with van der Waals surface area (Å²) < 4.78 is 10.3. The highest BCUT2D eigenvalue weighted by molar-refractivity contribution is 5.81. The molecule has 104 valence electrons. The van der Waals surface area contributed by atoms with Crippen molar-refractivity contribution in [2.24, 2.45) is 5.92 Å². The molecule has 0 atom stereocenters. The summed E-state index contributed by atoms with van der Waals surface area (Å²) >= 11 is 0. The second-order valence-electron chi connectivity index (χ2n) is 5.01. The van der Waals surface area contributed by atoms with Crippen LogP contribution in [-0.4, -0.2) is 11.1 Å². The fourth-order valence-electron chi connectivity index (χ4n) is 2.25. The van der Waals surface area contributed by atoms with E-state index in [0.29, 0.717) is 10.9 Å². The molecule has 0 saturated heterocycles. The molecule has 1 saturated carbocycles. The summed E-state index contributed by atoms with van der Waals surface area (Å²) in [6.07, 6.45) is 2.83. The second kappa shape index (κ2) is 5.00. The van der Waals surface area contributed by atoms with Gasteiger partial charge in [0.05, 0.1) is 5.92 Å². The molecule has 0 spiro atoms. The first-order valence-corrected chi connectivity index (χ1v) is 6.56. The van der Waals surface area contributed by atoms with Gasteiger partial charge in [-0.3, -0.25) is 4.79 Å². The number of rotatable bonds is 3. The molecule has 1 heterocycles. The van der Waals surface area contributed by atoms with Crippen molar-refractivity contribution >= 4 is 16.9 Å². The Morgan fingerprint density at radius 3 is 2.85 bits per heavy atom. The van der Waals surface area contributed by atoms with E-state index in [1.165, 1.54) is 18.2 Å². The van der Waals surface area contributed by atoms with Crippen LogP contribution in [0.5, 0.6) is 5.75 Å². The average Bonchev–Trinajstić information content (AvgIpc) is 2.33. The molecular formula is C15H14O5. The minimum atomic E-state index is -0.530. The van der Waals surface area contributed by atoms with Crippen LogP contribution in [-0.2, 0) is 16.1 Å². The highest BCUT2D eigenvalue weighted by Crippen LogP contribution is 2.28. The number of phenols is 1. The van der Waals surface area contributed by atoms with Gasteiger partial charge in [0.2, 0.25) is 0 Å². The van der Waals surface area contributed by atoms with Gasteiger partial charge in [0.25, 0.3) is 0 Å². The zero-order valence-corrected chi connectivity index (χ0v) is 10.8. The average molecular weight is 274 g/mol. The highest BCUT2D eigenvalue weighted by Gasteiger charge is 2.26. The topological polar surface area (TPSA) is 76.7 Å². The molecule has 0 unspecified atom stereocenters. The lowest BCUT2D eigenvalue weighted by Gasteiger charge is -2.23. The molecule has 0 bridgehead atoms. The first-order chi connectivity index (χ1) is 9.63. The monoisotopic (exact) mass is 274 g/mol. The summed E-state index contributed by atoms with van der Waals surface area (Å²) in [5.74, 6) is -0.189. The Balaban J connectivity index is 1.86.